The van der Waals surface area contributed by atoms with E-state index in [9.17, 15) is 8.78 Å². The van der Waals surface area contributed by atoms with Crippen LogP contribution in [0.1, 0.15) is 11.6 Å². The predicted molar refractivity (Wildman–Crippen MR) is 46.0 cm³/mol. The second kappa shape index (κ2) is 3.47. The summed E-state index contributed by atoms with van der Waals surface area (Å²) in [6, 6.07) is 1.55. The average molecular weight is 208 g/mol. The normalized spacial score (nSPS) is 18.8. The summed E-state index contributed by atoms with van der Waals surface area (Å²) in [5.41, 5.74) is 5.63. The monoisotopic (exact) mass is 207 g/mol. The average Bonchev–Trinajstić information content (AvgIpc) is 2.42. The molecule has 1 aromatic rings. The Balaban J connectivity index is 0.000000845. The molecule has 1 heterocycles. The van der Waals surface area contributed by atoms with Crippen molar-refractivity contribution < 1.29 is 13.5 Å². The third-order valence-corrected chi connectivity index (χ3v) is 1.87. The maximum absolute atomic E-state index is 13.0. The van der Waals surface area contributed by atoms with Gasteiger partial charge >= 0.3 is 0 Å². The highest BCUT2D eigenvalue weighted by molar-refractivity contribution is 5.85. The van der Waals surface area contributed by atoms with Crippen LogP contribution in [0.4, 0.5) is 8.78 Å². The van der Waals surface area contributed by atoms with E-state index < -0.39 is 17.7 Å². The van der Waals surface area contributed by atoms with Gasteiger partial charge in [0.15, 0.2) is 11.6 Å². The molecular formula is C8H8ClF2NO. The number of hydrogen-bond acceptors (Lipinski definition) is 2. The van der Waals surface area contributed by atoms with Crippen molar-refractivity contribution in [1.29, 1.82) is 0 Å². The highest BCUT2D eigenvalue weighted by Gasteiger charge is 2.27. The summed E-state index contributed by atoms with van der Waals surface area (Å²) < 4.78 is 30.8. The van der Waals surface area contributed by atoms with Crippen molar-refractivity contribution in [2.45, 2.75) is 6.04 Å². The lowest BCUT2D eigenvalue weighted by atomic mass is 10.1. The van der Waals surface area contributed by atoms with Crippen LogP contribution in [0.15, 0.2) is 12.1 Å². The second-order valence-electron chi connectivity index (χ2n) is 2.69. The zero-order valence-electron chi connectivity index (χ0n) is 6.59. The predicted octanol–water partition coefficient (Wildman–Crippen LogP) is 1.78. The fraction of sp³-hybridized carbons (Fsp3) is 0.250. The Kier molecular flexibility index (Phi) is 2.73. The molecule has 0 amide bonds. The van der Waals surface area contributed by atoms with Gasteiger partial charge in [-0.3, -0.25) is 0 Å². The smallest absolute Gasteiger partial charge is 0.165 e. The number of ether oxygens (including phenoxy) is 1. The van der Waals surface area contributed by atoms with Crippen LogP contribution in [0.3, 0.4) is 0 Å². The van der Waals surface area contributed by atoms with Crippen LogP contribution in [0.5, 0.6) is 5.75 Å². The molecule has 0 aromatic heterocycles. The molecule has 1 atom stereocenters. The van der Waals surface area contributed by atoms with E-state index in [-0.39, 0.29) is 30.3 Å². The van der Waals surface area contributed by atoms with Crippen molar-refractivity contribution in [3.8, 4) is 5.75 Å². The largest absolute Gasteiger partial charge is 0.488 e. The molecule has 1 aliphatic rings. The lowest BCUT2D eigenvalue weighted by molar-refractivity contribution is 0.319. The highest BCUT2D eigenvalue weighted by atomic mass is 35.5. The minimum atomic E-state index is -0.556. The Morgan fingerprint density at radius 3 is 2.54 bits per heavy atom. The molecule has 1 aliphatic heterocycles. The maximum Gasteiger partial charge on any atom is 0.165 e. The first kappa shape index (κ1) is 10.2. The van der Waals surface area contributed by atoms with Crippen molar-refractivity contribution in [1.82, 2.24) is 0 Å². The maximum atomic E-state index is 13.0. The van der Waals surface area contributed by atoms with Crippen molar-refractivity contribution in [2.24, 2.45) is 5.73 Å². The molecule has 0 radical (unpaired) electrons. The van der Waals surface area contributed by atoms with E-state index in [4.69, 9.17) is 10.5 Å². The van der Waals surface area contributed by atoms with Gasteiger partial charge in [0.25, 0.3) is 0 Å². The molecule has 1 unspecified atom stereocenters. The van der Waals surface area contributed by atoms with Crippen molar-refractivity contribution in [3.63, 3.8) is 0 Å². The summed E-state index contributed by atoms with van der Waals surface area (Å²) in [6.07, 6.45) is 0. The Bertz CT molecular complexity index is 332. The quantitative estimate of drug-likeness (QED) is 0.704. The minimum Gasteiger partial charge on any atom is -0.488 e. The number of nitrogens with two attached hydrogens (primary N) is 1. The fourth-order valence-electron chi connectivity index (χ4n) is 1.30. The van der Waals surface area contributed by atoms with E-state index in [2.05, 4.69) is 0 Å². The van der Waals surface area contributed by atoms with Gasteiger partial charge in [0.2, 0.25) is 0 Å². The van der Waals surface area contributed by atoms with E-state index in [1.54, 1.807) is 0 Å². The van der Waals surface area contributed by atoms with Gasteiger partial charge in [-0.1, -0.05) is 0 Å². The van der Waals surface area contributed by atoms with Crippen molar-refractivity contribution >= 4 is 12.4 Å². The molecule has 0 fully saturated rings. The number of fused-ring (bicyclic) bond motifs is 1. The molecule has 0 saturated carbocycles. The van der Waals surface area contributed by atoms with Crippen LogP contribution < -0.4 is 10.5 Å². The Morgan fingerprint density at radius 1 is 1.31 bits per heavy atom. The fourth-order valence-corrected chi connectivity index (χ4v) is 1.30. The molecule has 2 nitrogen and oxygen atoms in total. The highest BCUT2D eigenvalue weighted by Crippen LogP contribution is 2.35. The van der Waals surface area contributed by atoms with E-state index in [0.717, 1.165) is 12.1 Å². The topological polar surface area (TPSA) is 35.2 Å². The van der Waals surface area contributed by atoms with Gasteiger partial charge < -0.3 is 10.5 Å². The number of benzene rings is 1. The van der Waals surface area contributed by atoms with Crippen LogP contribution in [0.25, 0.3) is 0 Å². The third kappa shape index (κ3) is 1.47. The summed E-state index contributed by atoms with van der Waals surface area (Å²) in [5.74, 6) is -1.10. The van der Waals surface area contributed by atoms with E-state index in [1.165, 1.54) is 0 Å². The van der Waals surface area contributed by atoms with Gasteiger partial charge in [-0.05, 0) is 12.1 Å². The van der Waals surface area contributed by atoms with E-state index in [1.807, 2.05) is 0 Å². The lowest BCUT2D eigenvalue weighted by Gasteiger charge is -2.01. The van der Waals surface area contributed by atoms with Gasteiger partial charge in [-0.15, -0.1) is 12.4 Å². The number of halogens is 3. The lowest BCUT2D eigenvalue weighted by Crippen LogP contribution is -2.11. The van der Waals surface area contributed by atoms with Gasteiger partial charge in [0.1, 0.15) is 12.4 Å². The SMILES string of the molecule is Cl.NC1COc2c(F)ccc(F)c21. The van der Waals surface area contributed by atoms with Gasteiger partial charge in [-0.25, -0.2) is 8.78 Å². The zero-order chi connectivity index (χ0) is 8.72. The first-order chi connectivity index (χ1) is 5.70. The van der Waals surface area contributed by atoms with Crippen molar-refractivity contribution in [3.05, 3.63) is 29.3 Å². The number of hydrogen-bond donors (Lipinski definition) is 1. The molecule has 0 aliphatic carbocycles. The summed E-state index contributed by atoms with van der Waals surface area (Å²) in [5, 5.41) is 0. The Labute approximate surface area is 80.1 Å². The number of rotatable bonds is 0. The molecule has 0 saturated heterocycles. The first-order valence-corrected chi connectivity index (χ1v) is 3.56. The van der Waals surface area contributed by atoms with Crippen LogP contribution in [0.2, 0.25) is 0 Å². The molecule has 13 heavy (non-hydrogen) atoms. The molecule has 0 spiro atoms. The Hall–Kier alpha value is -0.870. The van der Waals surface area contributed by atoms with Crippen LogP contribution in [-0.4, -0.2) is 6.61 Å². The standard InChI is InChI=1S/C8H7F2NO.ClH/c9-4-1-2-5(10)8-7(4)6(11)3-12-8;/h1-2,6H,3,11H2;1H. The van der Waals surface area contributed by atoms with Gasteiger partial charge in [0, 0.05) is 0 Å². The van der Waals surface area contributed by atoms with E-state index in [0.29, 0.717) is 0 Å². The zero-order valence-corrected chi connectivity index (χ0v) is 7.41. The van der Waals surface area contributed by atoms with Gasteiger partial charge in [-0.2, -0.15) is 0 Å². The molecule has 1 aromatic carbocycles. The van der Waals surface area contributed by atoms with Crippen molar-refractivity contribution in [2.75, 3.05) is 6.61 Å². The van der Waals surface area contributed by atoms with Gasteiger partial charge in [0.05, 0.1) is 11.6 Å². The molecule has 72 valence electrons. The summed E-state index contributed by atoms with van der Waals surface area (Å²) in [4.78, 5) is 0. The molecular weight excluding hydrogens is 200 g/mol. The van der Waals surface area contributed by atoms with Crippen LogP contribution in [0, 0.1) is 11.6 Å². The van der Waals surface area contributed by atoms with E-state index >= 15 is 0 Å². The molecule has 2 rings (SSSR count). The summed E-state index contributed by atoms with van der Waals surface area (Å²) >= 11 is 0. The summed E-state index contributed by atoms with van der Waals surface area (Å²) in [6.45, 7) is 0.146. The van der Waals surface area contributed by atoms with Crippen LogP contribution >= 0.6 is 12.4 Å². The first-order valence-electron chi connectivity index (χ1n) is 3.56. The minimum absolute atomic E-state index is 0. The Morgan fingerprint density at radius 2 is 1.92 bits per heavy atom. The third-order valence-electron chi connectivity index (χ3n) is 1.87. The van der Waals surface area contributed by atoms with Crippen LogP contribution in [-0.2, 0) is 0 Å². The molecule has 0 bridgehead atoms. The summed E-state index contributed by atoms with van der Waals surface area (Å²) in [7, 11) is 0. The second-order valence-corrected chi connectivity index (χ2v) is 2.69. The molecule has 5 heteroatoms. The molecule has 2 N–H and O–H groups in total.